The fourth-order valence-electron chi connectivity index (χ4n) is 4.14. The first-order valence-electron chi connectivity index (χ1n) is 7.86. The largest absolute Gasteiger partial charge is 0.383 e. The minimum absolute atomic E-state index is 0.720. The fraction of sp³-hybridized carbons (Fsp3) is 0.800. The Kier molecular flexibility index (Phi) is 2.94. The van der Waals surface area contributed by atoms with E-state index in [9.17, 15) is 0 Å². The van der Waals surface area contributed by atoms with Gasteiger partial charge < -0.3 is 10.6 Å². The molecule has 0 aromatic carbocycles. The van der Waals surface area contributed by atoms with Gasteiger partial charge in [0.15, 0.2) is 0 Å². The number of hydrogen-bond acceptors (Lipinski definition) is 4. The highest BCUT2D eigenvalue weighted by molar-refractivity contribution is 7.10. The summed E-state index contributed by atoms with van der Waals surface area (Å²) in [5, 5.41) is 1.43. The van der Waals surface area contributed by atoms with Crippen LogP contribution >= 0.6 is 11.5 Å². The van der Waals surface area contributed by atoms with Crippen LogP contribution in [-0.2, 0) is 0 Å². The van der Waals surface area contributed by atoms with Crippen LogP contribution in [-0.4, -0.2) is 17.0 Å². The second-order valence-electron chi connectivity index (χ2n) is 6.51. The van der Waals surface area contributed by atoms with Crippen LogP contribution in [0.4, 0.5) is 10.8 Å². The van der Waals surface area contributed by atoms with E-state index in [1.54, 1.807) is 11.5 Å². The van der Waals surface area contributed by atoms with Crippen LogP contribution in [0.1, 0.15) is 62.8 Å². The number of aromatic nitrogens is 1. The van der Waals surface area contributed by atoms with Crippen LogP contribution in [0.3, 0.4) is 0 Å². The van der Waals surface area contributed by atoms with E-state index in [1.807, 2.05) is 0 Å². The number of anilines is 2. The molecule has 4 rings (SSSR count). The Labute approximate surface area is 119 Å². The Hall–Kier alpha value is -0.770. The summed E-state index contributed by atoms with van der Waals surface area (Å²) in [4.78, 5) is 2.69. The second kappa shape index (κ2) is 4.65. The van der Waals surface area contributed by atoms with Crippen LogP contribution in [0, 0.1) is 5.92 Å². The predicted molar refractivity (Wildman–Crippen MR) is 80.8 cm³/mol. The lowest BCUT2D eigenvalue weighted by Gasteiger charge is -2.45. The Morgan fingerprint density at radius 3 is 2.68 bits per heavy atom. The van der Waals surface area contributed by atoms with Crippen molar-refractivity contribution >= 4 is 22.4 Å². The lowest BCUT2D eigenvalue weighted by molar-refractivity contribution is 0.244. The second-order valence-corrected chi connectivity index (χ2v) is 7.26. The molecular weight excluding hydrogens is 254 g/mol. The fourth-order valence-corrected chi connectivity index (χ4v) is 5.12. The maximum absolute atomic E-state index is 6.13. The minimum atomic E-state index is 0.720. The number of hydrogen-bond donors (Lipinski definition) is 1. The third-order valence-corrected chi connectivity index (χ3v) is 6.14. The molecule has 3 nitrogen and oxygen atoms in total. The molecule has 0 radical (unpaired) electrons. The molecule has 104 valence electrons. The zero-order valence-electron chi connectivity index (χ0n) is 11.5. The molecule has 2 heterocycles. The van der Waals surface area contributed by atoms with Gasteiger partial charge >= 0.3 is 0 Å². The van der Waals surface area contributed by atoms with E-state index in [0.29, 0.717) is 0 Å². The van der Waals surface area contributed by atoms with E-state index in [2.05, 4.69) is 9.27 Å². The van der Waals surface area contributed by atoms with Gasteiger partial charge in [-0.3, -0.25) is 0 Å². The van der Waals surface area contributed by atoms with E-state index < -0.39 is 0 Å². The molecule has 2 N–H and O–H groups in total. The van der Waals surface area contributed by atoms with Crippen LogP contribution < -0.4 is 10.6 Å². The maximum atomic E-state index is 6.13. The van der Waals surface area contributed by atoms with Crippen molar-refractivity contribution < 1.29 is 0 Å². The summed E-state index contributed by atoms with van der Waals surface area (Å²) in [5.74, 6) is 2.47. The van der Waals surface area contributed by atoms with Crippen molar-refractivity contribution in [1.29, 1.82) is 0 Å². The lowest BCUT2D eigenvalue weighted by atomic mass is 9.78. The summed E-state index contributed by atoms with van der Waals surface area (Å²) in [6.07, 6.45) is 11.1. The number of rotatable bonds is 2. The van der Waals surface area contributed by atoms with E-state index in [1.165, 1.54) is 68.5 Å². The Balaban J connectivity index is 1.66. The van der Waals surface area contributed by atoms with Crippen molar-refractivity contribution in [3.8, 4) is 0 Å². The third-order valence-electron chi connectivity index (χ3n) is 5.23. The van der Waals surface area contributed by atoms with Crippen LogP contribution in [0.25, 0.3) is 0 Å². The number of nitrogen functional groups attached to an aromatic ring is 1. The summed E-state index contributed by atoms with van der Waals surface area (Å²) in [6, 6.07) is 0.778. The van der Waals surface area contributed by atoms with Crippen LogP contribution in [0.2, 0.25) is 0 Å². The van der Waals surface area contributed by atoms with Crippen molar-refractivity contribution in [3.63, 3.8) is 0 Å². The first-order chi connectivity index (χ1) is 9.34. The first kappa shape index (κ1) is 12.0. The van der Waals surface area contributed by atoms with Crippen molar-refractivity contribution in [2.24, 2.45) is 5.92 Å². The number of piperidine rings is 1. The minimum Gasteiger partial charge on any atom is -0.383 e. The van der Waals surface area contributed by atoms with Gasteiger partial charge in [-0.25, -0.2) is 0 Å². The molecule has 2 saturated carbocycles. The van der Waals surface area contributed by atoms with Gasteiger partial charge in [-0.05, 0) is 61.9 Å². The van der Waals surface area contributed by atoms with Crippen molar-refractivity contribution in [2.75, 3.05) is 17.2 Å². The molecule has 0 spiro atoms. The Bertz CT molecular complexity index is 464. The van der Waals surface area contributed by atoms with Gasteiger partial charge in [0.25, 0.3) is 0 Å². The van der Waals surface area contributed by atoms with E-state index >= 15 is 0 Å². The summed E-state index contributed by atoms with van der Waals surface area (Å²) in [7, 11) is 0. The summed E-state index contributed by atoms with van der Waals surface area (Å²) in [6.45, 7) is 1.22. The zero-order chi connectivity index (χ0) is 12.8. The van der Waals surface area contributed by atoms with Gasteiger partial charge in [0.05, 0.1) is 0 Å². The number of nitrogens with two attached hydrogens (primary N) is 1. The molecule has 2 atom stereocenters. The lowest BCUT2D eigenvalue weighted by Crippen LogP contribution is -2.46. The summed E-state index contributed by atoms with van der Waals surface area (Å²) in [5.41, 5.74) is 7.53. The highest BCUT2D eigenvalue weighted by atomic mass is 32.1. The highest BCUT2D eigenvalue weighted by Gasteiger charge is 2.38. The smallest absolute Gasteiger partial charge is 0.142 e. The molecule has 4 heteroatoms. The molecule has 19 heavy (non-hydrogen) atoms. The van der Waals surface area contributed by atoms with Gasteiger partial charge in [0.2, 0.25) is 0 Å². The van der Waals surface area contributed by atoms with Gasteiger partial charge in [0.1, 0.15) is 10.8 Å². The number of fused-ring (bicyclic) bond motifs is 1. The van der Waals surface area contributed by atoms with Crippen molar-refractivity contribution in [1.82, 2.24) is 4.37 Å². The Morgan fingerprint density at radius 1 is 1.05 bits per heavy atom. The van der Waals surface area contributed by atoms with Gasteiger partial charge in [-0.15, -0.1) is 0 Å². The zero-order valence-corrected chi connectivity index (χ0v) is 12.3. The highest BCUT2D eigenvalue weighted by Crippen LogP contribution is 2.50. The Morgan fingerprint density at radius 2 is 1.84 bits per heavy atom. The van der Waals surface area contributed by atoms with Gasteiger partial charge in [0, 0.05) is 18.2 Å². The summed E-state index contributed by atoms with van der Waals surface area (Å²) < 4.78 is 4.47. The average Bonchev–Trinajstić information content (AvgIpc) is 3.21. The monoisotopic (exact) mass is 277 g/mol. The molecule has 0 amide bonds. The van der Waals surface area contributed by atoms with E-state index in [-0.39, 0.29) is 0 Å². The first-order valence-corrected chi connectivity index (χ1v) is 8.63. The standard InChI is InChI=1S/C15H23N3S/c16-14-13(11-7-8-11)15(19-17-14)18-9-3-5-10-4-1-2-6-12(10)18/h10-12H,1-9H2,(H2,16,17). The number of nitrogens with zero attached hydrogens (tertiary/aromatic N) is 2. The van der Waals surface area contributed by atoms with Crippen LogP contribution in [0.15, 0.2) is 0 Å². The van der Waals surface area contributed by atoms with Gasteiger partial charge in [-0.2, -0.15) is 4.37 Å². The molecule has 0 bridgehead atoms. The van der Waals surface area contributed by atoms with Crippen LogP contribution in [0.5, 0.6) is 0 Å². The quantitative estimate of drug-likeness (QED) is 0.895. The molecule has 2 aliphatic carbocycles. The molecule has 1 aromatic heterocycles. The normalized spacial score (nSPS) is 31.3. The van der Waals surface area contributed by atoms with E-state index in [0.717, 1.165) is 23.7 Å². The molecule has 1 aromatic rings. The molecule has 2 unspecified atom stereocenters. The predicted octanol–water partition coefficient (Wildman–Crippen LogP) is 3.76. The summed E-state index contributed by atoms with van der Waals surface area (Å²) >= 11 is 1.66. The van der Waals surface area contributed by atoms with Crippen molar-refractivity contribution in [3.05, 3.63) is 5.56 Å². The molecule has 1 saturated heterocycles. The van der Waals surface area contributed by atoms with E-state index in [4.69, 9.17) is 5.73 Å². The molecule has 3 aliphatic rings. The van der Waals surface area contributed by atoms with Gasteiger partial charge in [-0.1, -0.05) is 12.8 Å². The molecule has 1 aliphatic heterocycles. The van der Waals surface area contributed by atoms with Crippen molar-refractivity contribution in [2.45, 2.75) is 63.3 Å². The third kappa shape index (κ3) is 2.04. The average molecular weight is 277 g/mol. The molecule has 3 fully saturated rings. The topological polar surface area (TPSA) is 42.1 Å². The maximum Gasteiger partial charge on any atom is 0.142 e. The molecular formula is C15H23N3S. The SMILES string of the molecule is Nc1nsc(N2CCCC3CCCCC32)c1C1CC1.